The summed E-state index contributed by atoms with van der Waals surface area (Å²) in [5.74, 6) is 0.267. The van der Waals surface area contributed by atoms with Gasteiger partial charge in [-0.05, 0) is 83.8 Å². The van der Waals surface area contributed by atoms with Gasteiger partial charge >= 0.3 is 0 Å². The zero-order valence-corrected chi connectivity index (χ0v) is 26.9. The molecule has 49 heavy (non-hydrogen) atoms. The molecule has 0 bridgehead atoms. The van der Waals surface area contributed by atoms with E-state index in [2.05, 4.69) is 150 Å². The average molecular weight is 627 g/mol. The fraction of sp³-hybridized carbons (Fsp3) is 0.0667. The Morgan fingerprint density at radius 2 is 1.22 bits per heavy atom. The molecule has 0 N–H and O–H groups in total. The van der Waals surface area contributed by atoms with E-state index in [1.807, 2.05) is 36.4 Å². The van der Waals surface area contributed by atoms with Crippen LogP contribution in [-0.4, -0.2) is 10.1 Å². The molecule has 0 radical (unpaired) electrons. The Morgan fingerprint density at radius 3 is 1.94 bits per heavy atom. The molecule has 4 nitrogen and oxygen atoms in total. The number of hydrogen-bond acceptors (Lipinski definition) is 3. The number of hydrogen-bond donors (Lipinski definition) is 0. The maximum atomic E-state index is 10.0. The number of nitrogens with zero attached hydrogens (tertiary/aromatic N) is 4. The molecule has 0 spiro atoms. The minimum Gasteiger partial charge on any atom is -0.331 e. The zero-order chi connectivity index (χ0) is 33.1. The molecule has 0 saturated heterocycles. The van der Waals surface area contributed by atoms with Gasteiger partial charge < -0.3 is 9.47 Å². The highest BCUT2D eigenvalue weighted by Gasteiger charge is 2.46. The Morgan fingerprint density at radius 1 is 0.592 bits per heavy atom. The molecule has 2 aliphatic rings. The molecule has 0 saturated carbocycles. The number of nitriles is 2. The predicted octanol–water partition coefficient (Wildman–Crippen LogP) is 11.0. The quantitative estimate of drug-likeness (QED) is 0.195. The largest absolute Gasteiger partial charge is 0.331 e. The molecular formula is C45H30N4. The first-order valence-electron chi connectivity index (χ1n) is 16.5. The fourth-order valence-corrected chi connectivity index (χ4v) is 8.06. The van der Waals surface area contributed by atoms with E-state index in [0.717, 1.165) is 55.4 Å². The van der Waals surface area contributed by atoms with E-state index in [9.17, 15) is 10.5 Å². The summed E-state index contributed by atoms with van der Waals surface area (Å²) in [6.45, 7) is 2.31. The van der Waals surface area contributed by atoms with Crippen LogP contribution in [0.1, 0.15) is 29.5 Å². The van der Waals surface area contributed by atoms with Crippen molar-refractivity contribution < 1.29 is 0 Å². The first kappa shape index (κ1) is 28.6. The van der Waals surface area contributed by atoms with Gasteiger partial charge in [0.15, 0.2) is 0 Å². The van der Waals surface area contributed by atoms with Crippen molar-refractivity contribution in [2.75, 3.05) is 4.90 Å². The molecule has 2 heterocycles. The van der Waals surface area contributed by atoms with Gasteiger partial charge in [-0.2, -0.15) is 10.5 Å². The molecule has 2 atom stereocenters. The molecule has 1 aliphatic carbocycles. The lowest BCUT2D eigenvalue weighted by Gasteiger charge is -2.39. The molecule has 4 heteroatoms. The van der Waals surface area contributed by atoms with Gasteiger partial charge in [0, 0.05) is 33.6 Å². The lowest BCUT2D eigenvalue weighted by atomic mass is 9.80. The van der Waals surface area contributed by atoms with Gasteiger partial charge in [-0.3, -0.25) is 0 Å². The average Bonchev–Trinajstić information content (AvgIpc) is 3.63. The summed E-state index contributed by atoms with van der Waals surface area (Å²) in [5.41, 5.74) is 11.7. The van der Waals surface area contributed by atoms with Crippen molar-refractivity contribution in [1.82, 2.24) is 4.57 Å². The molecule has 6 aromatic carbocycles. The number of benzene rings is 6. The summed E-state index contributed by atoms with van der Waals surface area (Å²) in [6.07, 6.45) is 8.91. The zero-order valence-electron chi connectivity index (χ0n) is 26.9. The highest BCUT2D eigenvalue weighted by atomic mass is 15.2. The third kappa shape index (κ3) is 4.28. The number of aromatic nitrogens is 1. The molecule has 0 amide bonds. The van der Waals surface area contributed by atoms with Crippen LogP contribution in [0.2, 0.25) is 0 Å². The van der Waals surface area contributed by atoms with Crippen molar-refractivity contribution in [2.45, 2.75) is 18.4 Å². The van der Waals surface area contributed by atoms with Crippen LogP contribution in [0.4, 0.5) is 11.4 Å². The van der Waals surface area contributed by atoms with E-state index in [-0.39, 0.29) is 11.5 Å². The van der Waals surface area contributed by atoms with Crippen LogP contribution in [-0.2, 0) is 0 Å². The maximum Gasteiger partial charge on any atom is 0.0992 e. The monoisotopic (exact) mass is 626 g/mol. The highest BCUT2D eigenvalue weighted by Crippen LogP contribution is 2.54. The van der Waals surface area contributed by atoms with Gasteiger partial charge in [-0.15, -0.1) is 0 Å². The summed E-state index contributed by atoms with van der Waals surface area (Å²) in [5, 5.41) is 22.3. The van der Waals surface area contributed by atoms with Gasteiger partial charge in [0.1, 0.15) is 0 Å². The second-order valence-corrected chi connectivity index (χ2v) is 13.0. The van der Waals surface area contributed by atoms with Gasteiger partial charge in [-0.25, -0.2) is 0 Å². The van der Waals surface area contributed by atoms with Crippen LogP contribution < -0.4 is 4.90 Å². The first-order chi connectivity index (χ1) is 24.1. The molecule has 1 aliphatic heterocycles. The summed E-state index contributed by atoms with van der Waals surface area (Å²) < 4.78 is 2.26. The Hall–Kier alpha value is -6.62. The van der Waals surface area contributed by atoms with E-state index < -0.39 is 0 Å². The fourth-order valence-electron chi connectivity index (χ4n) is 8.06. The topological polar surface area (TPSA) is 55.8 Å². The minimum atomic E-state index is -0.217. The van der Waals surface area contributed by atoms with E-state index in [4.69, 9.17) is 0 Å². The Bertz CT molecular complexity index is 2550. The number of fused-ring (bicyclic) bond motifs is 6. The van der Waals surface area contributed by atoms with Crippen molar-refractivity contribution in [3.8, 4) is 40.1 Å². The van der Waals surface area contributed by atoms with Gasteiger partial charge in [0.2, 0.25) is 0 Å². The van der Waals surface area contributed by atoms with E-state index in [0.29, 0.717) is 11.1 Å². The van der Waals surface area contributed by atoms with E-state index in [1.165, 1.54) is 11.3 Å². The molecule has 7 aromatic rings. The highest BCUT2D eigenvalue weighted by molar-refractivity contribution is 6.10. The second-order valence-electron chi connectivity index (χ2n) is 13.0. The molecule has 1 aromatic heterocycles. The van der Waals surface area contributed by atoms with Gasteiger partial charge in [0.05, 0.1) is 45.5 Å². The van der Waals surface area contributed by atoms with Crippen LogP contribution in [0.15, 0.2) is 158 Å². The van der Waals surface area contributed by atoms with Crippen molar-refractivity contribution in [2.24, 2.45) is 0 Å². The number of rotatable bonds is 4. The van der Waals surface area contributed by atoms with Crippen LogP contribution in [0.25, 0.3) is 49.7 Å². The maximum absolute atomic E-state index is 10.0. The number of anilines is 2. The standard InChI is InChI=1S/C45H30N4/c1-45-25-9-8-13-40(45)38-12-4-7-16-43(38)49(45)33-21-19-32(20-22-33)39-26-30(28-46)17-23-34(39)37-24-18-31(29-47)27-44(37)48-41-14-5-2-10-35(41)36-11-3-6-15-42(36)48/h2-27,40H,1H3. The third-order valence-corrected chi connectivity index (χ3v) is 10.3. The Kier molecular flexibility index (Phi) is 6.41. The molecule has 230 valence electrons. The Labute approximate surface area is 285 Å². The number of allylic oxidation sites excluding steroid dienone is 2. The summed E-state index contributed by atoms with van der Waals surface area (Å²) in [7, 11) is 0. The first-order valence-corrected chi connectivity index (χ1v) is 16.5. The third-order valence-electron chi connectivity index (χ3n) is 10.3. The van der Waals surface area contributed by atoms with Gasteiger partial charge in [-0.1, -0.05) is 103 Å². The van der Waals surface area contributed by atoms with Crippen LogP contribution in [0.5, 0.6) is 0 Å². The van der Waals surface area contributed by atoms with E-state index >= 15 is 0 Å². The van der Waals surface area contributed by atoms with Gasteiger partial charge in [0.25, 0.3) is 0 Å². The SMILES string of the molecule is CC12C=CC=CC1c1ccccc1N2c1ccc(-c2cc(C#N)ccc2-c2ccc(C#N)cc2-n2c3ccccc3c3ccccc32)cc1. The predicted molar refractivity (Wildman–Crippen MR) is 199 cm³/mol. The normalized spacial score (nSPS) is 17.5. The van der Waals surface area contributed by atoms with Crippen LogP contribution >= 0.6 is 0 Å². The lowest BCUT2D eigenvalue weighted by molar-refractivity contribution is 0.542. The molecule has 9 rings (SSSR count). The van der Waals surface area contributed by atoms with Crippen molar-refractivity contribution in [3.05, 3.63) is 174 Å². The van der Waals surface area contributed by atoms with Crippen molar-refractivity contribution >= 4 is 33.2 Å². The smallest absolute Gasteiger partial charge is 0.0992 e. The summed E-state index contributed by atoms with van der Waals surface area (Å²) >= 11 is 0. The van der Waals surface area contributed by atoms with Crippen LogP contribution in [0, 0.1) is 22.7 Å². The molecule has 2 unspecified atom stereocenters. The lowest BCUT2D eigenvalue weighted by Crippen LogP contribution is -2.41. The number of para-hydroxylation sites is 3. The van der Waals surface area contributed by atoms with Crippen molar-refractivity contribution in [3.63, 3.8) is 0 Å². The summed E-state index contributed by atoms with van der Waals surface area (Å²) in [6, 6.07) is 50.8. The Balaban J connectivity index is 1.22. The second kappa shape index (κ2) is 11.0. The van der Waals surface area contributed by atoms with Crippen LogP contribution in [0.3, 0.4) is 0 Å². The van der Waals surface area contributed by atoms with Crippen molar-refractivity contribution in [1.29, 1.82) is 10.5 Å². The molecule has 0 fully saturated rings. The summed E-state index contributed by atoms with van der Waals surface area (Å²) in [4.78, 5) is 2.45. The van der Waals surface area contributed by atoms with E-state index in [1.54, 1.807) is 0 Å². The molecular weight excluding hydrogens is 597 g/mol. The minimum absolute atomic E-state index is 0.217.